The maximum absolute atomic E-state index is 11.8. The number of nitrogens with zero attached hydrogens (tertiary/aromatic N) is 4. The predicted molar refractivity (Wildman–Crippen MR) is 142 cm³/mol. The van der Waals surface area contributed by atoms with Gasteiger partial charge in [0.1, 0.15) is 11.9 Å². The Morgan fingerprint density at radius 3 is 2.43 bits per heavy atom. The van der Waals surface area contributed by atoms with Crippen LogP contribution in [-0.2, 0) is 6.54 Å². The van der Waals surface area contributed by atoms with Gasteiger partial charge in [0.15, 0.2) is 0 Å². The van der Waals surface area contributed by atoms with Crippen molar-refractivity contribution in [2.75, 3.05) is 25.1 Å². The number of benzene rings is 2. The van der Waals surface area contributed by atoms with Crippen molar-refractivity contribution >= 4 is 23.3 Å². The SMILES string of the molecule is COc1ccc(Cn2nnc(C(=O)O)c2OC2CCC(c3ccc(N4CCCCC4)c(Cl)c3)CC2)cc1. The van der Waals surface area contributed by atoms with Crippen LogP contribution in [0.25, 0.3) is 0 Å². The molecule has 37 heavy (non-hydrogen) atoms. The van der Waals surface area contributed by atoms with Crippen LogP contribution in [0.2, 0.25) is 5.02 Å². The molecule has 2 aromatic carbocycles. The molecular formula is C28H33ClN4O4. The molecule has 0 atom stereocenters. The number of halogens is 1. The first kappa shape index (κ1) is 25.4. The van der Waals surface area contributed by atoms with Gasteiger partial charge in [0.2, 0.25) is 11.6 Å². The van der Waals surface area contributed by atoms with Crippen LogP contribution < -0.4 is 14.4 Å². The van der Waals surface area contributed by atoms with E-state index in [0.717, 1.165) is 60.8 Å². The summed E-state index contributed by atoms with van der Waals surface area (Å²) < 4.78 is 13.0. The van der Waals surface area contributed by atoms with Crippen molar-refractivity contribution in [1.82, 2.24) is 15.0 Å². The molecule has 3 aromatic rings. The zero-order chi connectivity index (χ0) is 25.8. The summed E-state index contributed by atoms with van der Waals surface area (Å²) in [6.07, 6.45) is 7.19. The van der Waals surface area contributed by atoms with Gasteiger partial charge in [0.05, 0.1) is 24.4 Å². The van der Waals surface area contributed by atoms with Crippen LogP contribution in [0.4, 0.5) is 5.69 Å². The summed E-state index contributed by atoms with van der Waals surface area (Å²) in [6.45, 7) is 2.50. The molecule has 1 N–H and O–H groups in total. The van der Waals surface area contributed by atoms with Gasteiger partial charge in [-0.25, -0.2) is 9.48 Å². The predicted octanol–water partition coefficient (Wildman–Crippen LogP) is 5.78. The molecule has 0 bridgehead atoms. The van der Waals surface area contributed by atoms with Gasteiger partial charge in [-0.3, -0.25) is 0 Å². The smallest absolute Gasteiger partial charge is 0.362 e. The second-order valence-corrected chi connectivity index (χ2v) is 10.3. The zero-order valence-electron chi connectivity index (χ0n) is 21.1. The summed E-state index contributed by atoms with van der Waals surface area (Å²) in [5.41, 5.74) is 3.19. The van der Waals surface area contributed by atoms with E-state index in [0.29, 0.717) is 12.5 Å². The van der Waals surface area contributed by atoms with Crippen molar-refractivity contribution in [3.8, 4) is 11.6 Å². The van der Waals surface area contributed by atoms with Gasteiger partial charge in [0.25, 0.3) is 0 Å². The number of hydrogen-bond acceptors (Lipinski definition) is 6. The molecule has 8 nitrogen and oxygen atoms in total. The van der Waals surface area contributed by atoms with Crippen molar-refractivity contribution in [2.45, 2.75) is 63.5 Å². The van der Waals surface area contributed by atoms with E-state index in [1.807, 2.05) is 24.3 Å². The third-order valence-corrected chi connectivity index (χ3v) is 7.78. The highest BCUT2D eigenvalue weighted by Gasteiger charge is 2.29. The third-order valence-electron chi connectivity index (χ3n) is 7.48. The first-order valence-electron chi connectivity index (χ1n) is 13.0. The van der Waals surface area contributed by atoms with Crippen molar-refractivity contribution in [2.24, 2.45) is 0 Å². The van der Waals surface area contributed by atoms with Crippen LogP contribution in [0.1, 0.15) is 72.5 Å². The Bertz CT molecular complexity index is 1220. The second kappa shape index (κ2) is 11.4. The number of anilines is 1. The summed E-state index contributed by atoms with van der Waals surface area (Å²) in [4.78, 5) is 14.2. The number of carboxylic acids is 1. The Balaban J connectivity index is 1.23. The Morgan fingerprint density at radius 1 is 1.05 bits per heavy atom. The molecule has 0 radical (unpaired) electrons. The number of carbonyl (C=O) groups is 1. The maximum atomic E-state index is 11.8. The normalized spacial score (nSPS) is 20.0. The average Bonchev–Trinajstić information content (AvgIpc) is 3.32. The third kappa shape index (κ3) is 5.85. The fourth-order valence-electron chi connectivity index (χ4n) is 5.40. The van der Waals surface area contributed by atoms with Crippen LogP contribution in [0, 0.1) is 0 Å². The lowest BCUT2D eigenvalue weighted by Gasteiger charge is -2.31. The average molecular weight is 525 g/mol. The van der Waals surface area contributed by atoms with Crippen LogP contribution in [0.15, 0.2) is 42.5 Å². The summed E-state index contributed by atoms with van der Waals surface area (Å²) in [6, 6.07) is 14.1. The fourth-order valence-corrected chi connectivity index (χ4v) is 5.71. The van der Waals surface area contributed by atoms with Crippen LogP contribution >= 0.6 is 11.6 Å². The van der Waals surface area contributed by atoms with E-state index < -0.39 is 5.97 Å². The Morgan fingerprint density at radius 2 is 1.78 bits per heavy atom. The highest BCUT2D eigenvalue weighted by Crippen LogP contribution is 2.38. The number of ether oxygens (including phenoxy) is 2. The molecule has 5 rings (SSSR count). The molecule has 0 amide bonds. The molecule has 1 saturated carbocycles. The summed E-state index contributed by atoms with van der Waals surface area (Å²) in [5, 5.41) is 18.4. The van der Waals surface area contributed by atoms with Crippen LogP contribution in [-0.4, -0.2) is 52.4 Å². The second-order valence-electron chi connectivity index (χ2n) is 9.90. The van der Waals surface area contributed by atoms with E-state index in [1.165, 1.54) is 29.5 Å². The molecule has 9 heteroatoms. The monoisotopic (exact) mass is 524 g/mol. The molecule has 0 spiro atoms. The number of carboxylic acid groups (broad SMARTS) is 1. The zero-order valence-corrected chi connectivity index (χ0v) is 21.9. The van der Waals surface area contributed by atoms with Gasteiger partial charge in [-0.15, -0.1) is 5.10 Å². The highest BCUT2D eigenvalue weighted by atomic mass is 35.5. The van der Waals surface area contributed by atoms with Gasteiger partial charge in [-0.2, -0.15) is 0 Å². The summed E-state index contributed by atoms with van der Waals surface area (Å²) in [7, 11) is 1.62. The number of aromatic carboxylic acids is 1. The number of aromatic nitrogens is 3. The molecule has 1 aliphatic heterocycles. The number of rotatable bonds is 8. The molecule has 196 valence electrons. The molecule has 1 saturated heterocycles. The van der Waals surface area contributed by atoms with Gasteiger partial charge < -0.3 is 19.5 Å². The standard InChI is InChI=1S/C28H33ClN4O4/c1-36-22-10-5-19(6-11-22)18-33-27(26(28(34)35)30-31-33)37-23-12-7-20(8-13-23)21-9-14-25(24(29)17-21)32-15-3-2-4-16-32/h5-6,9-11,14,17,20,23H,2-4,7-8,12-13,15-16,18H2,1H3,(H,34,35). The molecule has 2 aliphatic rings. The van der Waals surface area contributed by atoms with Gasteiger partial charge in [0, 0.05) is 13.1 Å². The number of methoxy groups -OCH3 is 1. The quantitative estimate of drug-likeness (QED) is 0.399. The lowest BCUT2D eigenvalue weighted by molar-refractivity contribution is 0.0676. The van der Waals surface area contributed by atoms with Gasteiger partial charge in [-0.05, 0) is 86.3 Å². The first-order valence-corrected chi connectivity index (χ1v) is 13.4. The maximum Gasteiger partial charge on any atom is 0.362 e. The summed E-state index contributed by atoms with van der Waals surface area (Å²) >= 11 is 6.71. The van der Waals surface area contributed by atoms with Gasteiger partial charge >= 0.3 is 5.97 Å². The van der Waals surface area contributed by atoms with Crippen molar-refractivity contribution in [3.63, 3.8) is 0 Å². The van der Waals surface area contributed by atoms with E-state index in [-0.39, 0.29) is 17.7 Å². The van der Waals surface area contributed by atoms with E-state index >= 15 is 0 Å². The molecule has 1 aromatic heterocycles. The fraction of sp³-hybridized carbons (Fsp3) is 0.464. The highest BCUT2D eigenvalue weighted by molar-refractivity contribution is 6.33. The largest absolute Gasteiger partial charge is 0.497 e. The minimum Gasteiger partial charge on any atom is -0.497 e. The van der Waals surface area contributed by atoms with Crippen LogP contribution in [0.5, 0.6) is 11.6 Å². The summed E-state index contributed by atoms with van der Waals surface area (Å²) in [5.74, 6) is 0.229. The molecule has 1 aliphatic carbocycles. The van der Waals surface area contributed by atoms with E-state index in [9.17, 15) is 9.90 Å². The topological polar surface area (TPSA) is 89.7 Å². The minimum absolute atomic E-state index is 0.0921. The van der Waals surface area contributed by atoms with E-state index in [2.05, 4.69) is 33.4 Å². The molecular weight excluding hydrogens is 492 g/mol. The van der Waals surface area contributed by atoms with E-state index in [4.69, 9.17) is 21.1 Å². The Hall–Kier alpha value is -3.26. The first-order chi connectivity index (χ1) is 18.0. The Labute approximate surface area is 222 Å². The number of hydrogen-bond donors (Lipinski definition) is 1. The van der Waals surface area contributed by atoms with E-state index in [1.54, 1.807) is 7.11 Å². The molecule has 2 fully saturated rings. The van der Waals surface area contributed by atoms with Crippen LogP contribution in [0.3, 0.4) is 0 Å². The lowest BCUT2D eigenvalue weighted by Crippen LogP contribution is -2.29. The van der Waals surface area contributed by atoms with Crippen molar-refractivity contribution < 1.29 is 19.4 Å². The van der Waals surface area contributed by atoms with Crippen molar-refractivity contribution in [3.05, 3.63) is 64.3 Å². The lowest BCUT2D eigenvalue weighted by atomic mass is 9.82. The number of piperidine rings is 1. The van der Waals surface area contributed by atoms with Crippen molar-refractivity contribution in [1.29, 1.82) is 0 Å². The Kier molecular flexibility index (Phi) is 7.84. The molecule has 2 heterocycles. The van der Waals surface area contributed by atoms with Gasteiger partial charge in [-0.1, -0.05) is 35.0 Å². The molecule has 0 unspecified atom stereocenters. The minimum atomic E-state index is -1.15.